The SMILES string of the molecule is CSCC[C@H](NC(=O)c1ccc(CN(Cc2ccccc2)c2ccc(S(=O)(=O)NC(=O)c3ccccc3)cc2)cc1-c1ccccc1C)C(=O)O. The molecule has 2 amide bonds. The monoisotopic (exact) mass is 721 g/mol. The minimum absolute atomic E-state index is 0.0513. The Morgan fingerprint density at radius 1 is 0.745 bits per heavy atom. The highest BCUT2D eigenvalue weighted by Gasteiger charge is 2.24. The molecule has 3 N–H and O–H groups in total. The zero-order valence-electron chi connectivity index (χ0n) is 28.3. The molecule has 0 spiro atoms. The number of nitrogens with zero attached hydrogens (tertiary/aromatic N) is 1. The molecule has 0 radical (unpaired) electrons. The van der Waals surface area contributed by atoms with E-state index in [1.165, 1.54) is 23.9 Å². The van der Waals surface area contributed by atoms with E-state index in [0.717, 1.165) is 27.9 Å². The van der Waals surface area contributed by atoms with Crippen LogP contribution in [0.4, 0.5) is 5.69 Å². The first-order chi connectivity index (χ1) is 24.6. The van der Waals surface area contributed by atoms with E-state index in [2.05, 4.69) is 14.9 Å². The van der Waals surface area contributed by atoms with Crippen LogP contribution in [0, 0.1) is 6.92 Å². The normalized spacial score (nSPS) is 11.7. The van der Waals surface area contributed by atoms with Crippen molar-refractivity contribution in [3.63, 3.8) is 0 Å². The van der Waals surface area contributed by atoms with Crippen LogP contribution in [0.2, 0.25) is 0 Å². The summed E-state index contributed by atoms with van der Waals surface area (Å²) in [4.78, 5) is 40.2. The number of carboxylic acids is 1. The van der Waals surface area contributed by atoms with E-state index >= 15 is 0 Å². The lowest BCUT2D eigenvalue weighted by molar-refractivity contribution is -0.139. The number of anilines is 1. The lowest BCUT2D eigenvalue weighted by Crippen LogP contribution is -2.41. The van der Waals surface area contributed by atoms with Gasteiger partial charge in [-0.3, -0.25) is 9.59 Å². The molecule has 11 heteroatoms. The summed E-state index contributed by atoms with van der Waals surface area (Å²) >= 11 is 1.52. The molecule has 0 aromatic heterocycles. The van der Waals surface area contributed by atoms with Crippen molar-refractivity contribution < 1.29 is 27.9 Å². The number of nitrogens with one attached hydrogen (secondary N) is 2. The fraction of sp³-hybridized carbons (Fsp3) is 0.175. The molecule has 262 valence electrons. The fourth-order valence-corrected chi connectivity index (χ4v) is 7.09. The van der Waals surface area contributed by atoms with E-state index in [1.807, 2.05) is 79.9 Å². The Hall–Kier alpha value is -5.39. The van der Waals surface area contributed by atoms with Gasteiger partial charge in [-0.1, -0.05) is 78.9 Å². The highest BCUT2D eigenvalue weighted by Crippen LogP contribution is 2.30. The van der Waals surface area contributed by atoms with Gasteiger partial charge in [0.1, 0.15) is 6.04 Å². The summed E-state index contributed by atoms with van der Waals surface area (Å²) in [6, 6.07) is 36.6. The summed E-state index contributed by atoms with van der Waals surface area (Å²) in [5.41, 5.74) is 5.73. The van der Waals surface area contributed by atoms with Gasteiger partial charge in [0.05, 0.1) is 4.90 Å². The van der Waals surface area contributed by atoms with Crippen molar-refractivity contribution in [1.82, 2.24) is 10.0 Å². The minimum atomic E-state index is -4.13. The van der Waals surface area contributed by atoms with Crippen LogP contribution in [0.25, 0.3) is 11.1 Å². The number of thioether (sulfide) groups is 1. The van der Waals surface area contributed by atoms with Crippen LogP contribution in [0.5, 0.6) is 0 Å². The second-order valence-electron chi connectivity index (χ2n) is 12.0. The molecule has 0 bridgehead atoms. The molecule has 5 aromatic rings. The van der Waals surface area contributed by atoms with Gasteiger partial charge in [0, 0.05) is 29.9 Å². The van der Waals surface area contributed by atoms with Crippen LogP contribution in [0.3, 0.4) is 0 Å². The van der Waals surface area contributed by atoms with Gasteiger partial charge in [-0.2, -0.15) is 11.8 Å². The maximum absolute atomic E-state index is 13.6. The van der Waals surface area contributed by atoms with Gasteiger partial charge in [-0.15, -0.1) is 0 Å². The van der Waals surface area contributed by atoms with Crippen molar-refractivity contribution >= 4 is 45.3 Å². The van der Waals surface area contributed by atoms with E-state index in [0.29, 0.717) is 36.4 Å². The van der Waals surface area contributed by atoms with E-state index in [4.69, 9.17) is 0 Å². The molecule has 0 aliphatic carbocycles. The smallest absolute Gasteiger partial charge is 0.326 e. The number of carbonyl (C=O) groups excluding carboxylic acids is 2. The number of benzene rings is 5. The average Bonchev–Trinajstić information content (AvgIpc) is 3.13. The first-order valence-electron chi connectivity index (χ1n) is 16.3. The molecule has 5 aromatic carbocycles. The maximum atomic E-state index is 13.6. The zero-order chi connectivity index (χ0) is 36.4. The van der Waals surface area contributed by atoms with Gasteiger partial charge in [0.15, 0.2) is 0 Å². The Kier molecular flexibility index (Phi) is 12.3. The Morgan fingerprint density at radius 3 is 2.02 bits per heavy atom. The quantitative estimate of drug-likeness (QED) is 0.106. The number of hydrogen-bond donors (Lipinski definition) is 3. The van der Waals surface area contributed by atoms with Crippen molar-refractivity contribution in [2.75, 3.05) is 16.9 Å². The van der Waals surface area contributed by atoms with Crippen molar-refractivity contribution in [1.29, 1.82) is 0 Å². The van der Waals surface area contributed by atoms with Crippen LogP contribution >= 0.6 is 11.8 Å². The van der Waals surface area contributed by atoms with Crippen molar-refractivity contribution in [2.45, 2.75) is 37.4 Å². The molecule has 0 saturated heterocycles. The summed E-state index contributed by atoms with van der Waals surface area (Å²) in [6.45, 7) is 2.86. The number of aliphatic carboxylic acids is 1. The minimum Gasteiger partial charge on any atom is -0.480 e. The van der Waals surface area contributed by atoms with Crippen LogP contribution in [-0.4, -0.2) is 49.4 Å². The molecule has 0 heterocycles. The van der Waals surface area contributed by atoms with Gasteiger partial charge in [0.25, 0.3) is 21.8 Å². The van der Waals surface area contributed by atoms with Gasteiger partial charge < -0.3 is 15.3 Å². The lowest BCUT2D eigenvalue weighted by Gasteiger charge is -2.26. The van der Waals surface area contributed by atoms with Crippen molar-refractivity contribution in [3.8, 4) is 11.1 Å². The van der Waals surface area contributed by atoms with Crippen molar-refractivity contribution in [2.24, 2.45) is 0 Å². The van der Waals surface area contributed by atoms with Gasteiger partial charge in [-0.25, -0.2) is 17.9 Å². The van der Waals surface area contributed by atoms with E-state index < -0.39 is 33.8 Å². The molecule has 51 heavy (non-hydrogen) atoms. The summed E-state index contributed by atoms with van der Waals surface area (Å²) in [5.74, 6) is -1.68. The standard InChI is InChI=1S/C40H39N3O6S2/c1-28-11-9-10-16-34(28)36-25-30(17-22-35(36)39(45)41-37(40(46)47)23-24-50-2)27-43(26-29-12-5-3-6-13-29)32-18-20-33(21-19-32)51(48,49)42-38(44)31-14-7-4-8-15-31/h3-22,25,37H,23-24,26-27H2,1-2H3,(H,41,45)(H,42,44)(H,46,47)/t37-/m0/s1. The Bertz CT molecular complexity index is 2090. The maximum Gasteiger partial charge on any atom is 0.326 e. The summed E-state index contributed by atoms with van der Waals surface area (Å²) in [7, 11) is -4.13. The Balaban J connectivity index is 1.47. The number of amides is 2. The number of carbonyl (C=O) groups is 3. The number of aryl methyl sites for hydroxylation is 1. The largest absolute Gasteiger partial charge is 0.480 e. The van der Waals surface area contributed by atoms with E-state index in [9.17, 15) is 27.9 Å². The first kappa shape index (κ1) is 36.9. The third kappa shape index (κ3) is 9.65. The molecule has 0 saturated carbocycles. The predicted octanol–water partition coefficient (Wildman–Crippen LogP) is 6.92. The second-order valence-corrected chi connectivity index (χ2v) is 14.6. The lowest BCUT2D eigenvalue weighted by atomic mass is 9.93. The Labute approximate surface area is 302 Å². The summed E-state index contributed by atoms with van der Waals surface area (Å²) in [5, 5.41) is 12.5. The summed E-state index contributed by atoms with van der Waals surface area (Å²) < 4.78 is 28.4. The molecule has 0 aliphatic rings. The predicted molar refractivity (Wildman–Crippen MR) is 202 cm³/mol. The third-order valence-electron chi connectivity index (χ3n) is 8.34. The van der Waals surface area contributed by atoms with E-state index in [-0.39, 0.29) is 10.5 Å². The number of carboxylic acid groups (broad SMARTS) is 1. The van der Waals surface area contributed by atoms with Crippen LogP contribution in [0.15, 0.2) is 132 Å². The van der Waals surface area contributed by atoms with Crippen LogP contribution in [0.1, 0.15) is 43.8 Å². The molecule has 0 unspecified atom stereocenters. The van der Waals surface area contributed by atoms with Gasteiger partial charge in [-0.05, 0) is 102 Å². The molecule has 1 atom stereocenters. The second kappa shape index (κ2) is 17.0. The number of hydrogen-bond acceptors (Lipinski definition) is 7. The molecule has 9 nitrogen and oxygen atoms in total. The molecular formula is C40H39N3O6S2. The Morgan fingerprint density at radius 2 is 1.37 bits per heavy atom. The van der Waals surface area contributed by atoms with Crippen LogP contribution in [-0.2, 0) is 27.9 Å². The van der Waals surface area contributed by atoms with Crippen molar-refractivity contribution in [3.05, 3.63) is 155 Å². The number of sulfonamides is 1. The molecule has 5 rings (SSSR count). The third-order valence-corrected chi connectivity index (χ3v) is 10.3. The topological polar surface area (TPSA) is 133 Å². The van der Waals surface area contributed by atoms with Gasteiger partial charge in [0.2, 0.25) is 0 Å². The molecular weight excluding hydrogens is 683 g/mol. The van der Waals surface area contributed by atoms with Gasteiger partial charge >= 0.3 is 5.97 Å². The van der Waals surface area contributed by atoms with E-state index in [1.54, 1.807) is 48.5 Å². The highest BCUT2D eigenvalue weighted by atomic mass is 32.2. The fourth-order valence-electron chi connectivity index (χ4n) is 5.64. The summed E-state index contributed by atoms with van der Waals surface area (Å²) in [6.07, 6.45) is 2.19. The average molecular weight is 722 g/mol. The van der Waals surface area contributed by atoms with Crippen LogP contribution < -0.4 is 14.9 Å². The molecule has 0 aliphatic heterocycles. The molecule has 0 fully saturated rings. The first-order valence-corrected chi connectivity index (χ1v) is 19.2. The highest BCUT2D eigenvalue weighted by molar-refractivity contribution is 7.98. The zero-order valence-corrected chi connectivity index (χ0v) is 29.9. The number of rotatable bonds is 15.